The maximum atomic E-state index is 5.50. The normalized spacial score (nSPS) is 34.2. The molecule has 10 heavy (non-hydrogen) atoms. The fourth-order valence-corrected chi connectivity index (χ4v) is 2.06. The molecule has 0 aromatic rings. The Morgan fingerprint density at radius 2 is 2.20 bits per heavy atom. The molecular weight excluding hydrogens is 122 g/mol. The lowest BCUT2D eigenvalue weighted by Crippen LogP contribution is -2.16. The van der Waals surface area contributed by atoms with Crippen LogP contribution in [0.15, 0.2) is 0 Å². The fourth-order valence-electron chi connectivity index (χ4n) is 2.06. The van der Waals surface area contributed by atoms with Crippen LogP contribution < -0.4 is 5.73 Å². The molecule has 1 aliphatic rings. The van der Waals surface area contributed by atoms with Crippen molar-refractivity contribution in [3.8, 4) is 0 Å². The Morgan fingerprint density at radius 3 is 2.80 bits per heavy atom. The summed E-state index contributed by atoms with van der Waals surface area (Å²) in [6.45, 7) is 3.25. The van der Waals surface area contributed by atoms with Gasteiger partial charge in [-0.25, -0.2) is 0 Å². The van der Waals surface area contributed by atoms with Crippen LogP contribution >= 0.6 is 0 Å². The molecule has 1 rings (SSSR count). The molecule has 0 aromatic carbocycles. The van der Waals surface area contributed by atoms with E-state index in [2.05, 4.69) is 6.92 Å². The van der Waals surface area contributed by atoms with E-state index < -0.39 is 0 Å². The standard InChI is InChI=1S/C9H19N/c1-8-3-2-4-9(7-8)5-6-10/h8-9H,2-7,10H2,1H3. The van der Waals surface area contributed by atoms with Gasteiger partial charge in [0.1, 0.15) is 0 Å². The van der Waals surface area contributed by atoms with Crippen molar-refractivity contribution >= 4 is 0 Å². The second kappa shape index (κ2) is 3.97. The van der Waals surface area contributed by atoms with Crippen molar-refractivity contribution in [2.45, 2.75) is 39.0 Å². The molecule has 0 amide bonds. The van der Waals surface area contributed by atoms with Crippen molar-refractivity contribution in [3.05, 3.63) is 0 Å². The Labute approximate surface area is 64.0 Å². The summed E-state index contributed by atoms with van der Waals surface area (Å²) < 4.78 is 0. The second-order valence-corrected chi connectivity index (χ2v) is 3.72. The van der Waals surface area contributed by atoms with Crippen molar-refractivity contribution in [1.82, 2.24) is 0 Å². The van der Waals surface area contributed by atoms with Gasteiger partial charge < -0.3 is 5.73 Å². The summed E-state index contributed by atoms with van der Waals surface area (Å²) in [7, 11) is 0. The van der Waals surface area contributed by atoms with E-state index in [4.69, 9.17) is 5.73 Å². The molecule has 1 fully saturated rings. The molecule has 0 aromatic heterocycles. The zero-order chi connectivity index (χ0) is 7.40. The summed E-state index contributed by atoms with van der Waals surface area (Å²) in [5, 5.41) is 0. The molecule has 1 nitrogen and oxygen atoms in total. The van der Waals surface area contributed by atoms with Gasteiger partial charge in [-0.1, -0.05) is 26.2 Å². The monoisotopic (exact) mass is 141 g/mol. The molecule has 0 aliphatic heterocycles. The minimum atomic E-state index is 0.886. The minimum absolute atomic E-state index is 0.886. The molecule has 2 atom stereocenters. The van der Waals surface area contributed by atoms with Gasteiger partial charge in [0, 0.05) is 0 Å². The van der Waals surface area contributed by atoms with Crippen molar-refractivity contribution < 1.29 is 0 Å². The molecule has 1 heteroatoms. The molecular formula is C9H19N. The minimum Gasteiger partial charge on any atom is -0.330 e. The summed E-state index contributed by atoms with van der Waals surface area (Å²) in [5.41, 5.74) is 5.50. The lowest BCUT2D eigenvalue weighted by Gasteiger charge is -2.25. The first kappa shape index (κ1) is 8.06. The van der Waals surface area contributed by atoms with Gasteiger partial charge in [-0.15, -0.1) is 0 Å². The average Bonchev–Trinajstić information content (AvgIpc) is 1.88. The summed E-state index contributed by atoms with van der Waals surface area (Å²) in [5.74, 6) is 1.92. The molecule has 0 spiro atoms. The third-order valence-electron chi connectivity index (χ3n) is 2.62. The molecule has 1 saturated carbocycles. The fraction of sp³-hybridized carbons (Fsp3) is 1.00. The summed E-state index contributed by atoms with van der Waals surface area (Å²) in [6.07, 6.45) is 7.00. The van der Waals surface area contributed by atoms with Crippen LogP contribution in [-0.4, -0.2) is 6.54 Å². The number of hydrogen-bond donors (Lipinski definition) is 1. The molecule has 0 radical (unpaired) electrons. The highest BCUT2D eigenvalue weighted by Gasteiger charge is 2.17. The van der Waals surface area contributed by atoms with Crippen LogP contribution in [0, 0.1) is 11.8 Å². The van der Waals surface area contributed by atoms with Crippen LogP contribution in [0.5, 0.6) is 0 Å². The highest BCUT2D eigenvalue weighted by atomic mass is 14.5. The third-order valence-corrected chi connectivity index (χ3v) is 2.62. The van der Waals surface area contributed by atoms with Crippen molar-refractivity contribution in [2.75, 3.05) is 6.54 Å². The Kier molecular flexibility index (Phi) is 3.20. The largest absolute Gasteiger partial charge is 0.330 e. The van der Waals surface area contributed by atoms with Crippen LogP contribution in [0.1, 0.15) is 39.0 Å². The molecule has 2 unspecified atom stereocenters. The summed E-state index contributed by atoms with van der Waals surface area (Å²) >= 11 is 0. The first-order valence-electron chi connectivity index (χ1n) is 4.53. The summed E-state index contributed by atoms with van der Waals surface area (Å²) in [4.78, 5) is 0. The Hall–Kier alpha value is -0.0400. The first-order valence-corrected chi connectivity index (χ1v) is 4.53. The van der Waals surface area contributed by atoms with E-state index in [1.54, 1.807) is 0 Å². The third kappa shape index (κ3) is 2.30. The molecule has 0 bridgehead atoms. The Morgan fingerprint density at radius 1 is 1.40 bits per heavy atom. The van der Waals surface area contributed by atoms with Crippen LogP contribution in [-0.2, 0) is 0 Å². The molecule has 0 heterocycles. The zero-order valence-electron chi connectivity index (χ0n) is 6.97. The topological polar surface area (TPSA) is 26.0 Å². The van der Waals surface area contributed by atoms with Gasteiger partial charge in [0.15, 0.2) is 0 Å². The van der Waals surface area contributed by atoms with Gasteiger partial charge in [-0.3, -0.25) is 0 Å². The van der Waals surface area contributed by atoms with Crippen LogP contribution in [0.25, 0.3) is 0 Å². The van der Waals surface area contributed by atoms with E-state index in [0.717, 1.165) is 18.4 Å². The van der Waals surface area contributed by atoms with Crippen molar-refractivity contribution in [3.63, 3.8) is 0 Å². The van der Waals surface area contributed by atoms with Gasteiger partial charge in [0.05, 0.1) is 0 Å². The maximum absolute atomic E-state index is 5.50. The quantitative estimate of drug-likeness (QED) is 0.626. The van der Waals surface area contributed by atoms with Crippen molar-refractivity contribution in [2.24, 2.45) is 17.6 Å². The summed E-state index contributed by atoms with van der Waals surface area (Å²) in [6, 6.07) is 0. The van der Waals surface area contributed by atoms with Crippen LogP contribution in [0.3, 0.4) is 0 Å². The van der Waals surface area contributed by atoms with Gasteiger partial charge in [0.2, 0.25) is 0 Å². The van der Waals surface area contributed by atoms with Crippen LogP contribution in [0.4, 0.5) is 0 Å². The Balaban J connectivity index is 2.18. The predicted molar refractivity (Wildman–Crippen MR) is 44.8 cm³/mol. The van der Waals surface area contributed by atoms with Gasteiger partial charge >= 0.3 is 0 Å². The lowest BCUT2D eigenvalue weighted by molar-refractivity contribution is 0.272. The number of rotatable bonds is 2. The zero-order valence-corrected chi connectivity index (χ0v) is 6.97. The smallest absolute Gasteiger partial charge is 0.00746 e. The predicted octanol–water partition coefficient (Wildman–Crippen LogP) is 2.16. The molecule has 0 saturated heterocycles. The van der Waals surface area contributed by atoms with Gasteiger partial charge in [0.25, 0.3) is 0 Å². The van der Waals surface area contributed by atoms with Gasteiger partial charge in [-0.05, 0) is 31.2 Å². The molecule has 2 N–H and O–H groups in total. The van der Waals surface area contributed by atoms with Crippen LogP contribution in [0.2, 0.25) is 0 Å². The van der Waals surface area contributed by atoms with E-state index in [9.17, 15) is 0 Å². The maximum Gasteiger partial charge on any atom is -0.00746 e. The molecule has 60 valence electrons. The van der Waals surface area contributed by atoms with Crippen molar-refractivity contribution in [1.29, 1.82) is 0 Å². The highest BCUT2D eigenvalue weighted by molar-refractivity contribution is 4.70. The number of hydrogen-bond acceptors (Lipinski definition) is 1. The van der Waals surface area contributed by atoms with E-state index in [1.165, 1.54) is 32.1 Å². The Bertz CT molecular complexity index is 88.7. The van der Waals surface area contributed by atoms with Gasteiger partial charge in [-0.2, -0.15) is 0 Å². The first-order chi connectivity index (χ1) is 4.83. The second-order valence-electron chi connectivity index (χ2n) is 3.72. The molecule has 1 aliphatic carbocycles. The van der Waals surface area contributed by atoms with E-state index in [0.29, 0.717) is 0 Å². The van der Waals surface area contributed by atoms with E-state index >= 15 is 0 Å². The van der Waals surface area contributed by atoms with E-state index in [-0.39, 0.29) is 0 Å². The lowest BCUT2D eigenvalue weighted by atomic mass is 9.81. The number of nitrogens with two attached hydrogens (primary N) is 1. The van der Waals surface area contributed by atoms with E-state index in [1.807, 2.05) is 0 Å². The SMILES string of the molecule is CC1CCCC(CCN)C1. The highest BCUT2D eigenvalue weighted by Crippen LogP contribution is 2.29. The average molecular weight is 141 g/mol.